The molecule has 1 saturated heterocycles. The fourth-order valence-electron chi connectivity index (χ4n) is 4.50. The Bertz CT molecular complexity index is 716. The lowest BCUT2D eigenvalue weighted by Crippen LogP contribution is -2.48. The van der Waals surface area contributed by atoms with Gasteiger partial charge in [-0.15, -0.1) is 0 Å². The van der Waals surface area contributed by atoms with Gasteiger partial charge in [-0.3, -0.25) is 14.5 Å². The number of halogens is 2. The van der Waals surface area contributed by atoms with E-state index in [1.807, 2.05) is 4.90 Å². The van der Waals surface area contributed by atoms with Crippen molar-refractivity contribution in [1.82, 2.24) is 10.2 Å². The summed E-state index contributed by atoms with van der Waals surface area (Å²) >= 11 is 0. The molecule has 1 heterocycles. The molecule has 6 heteroatoms. The maximum Gasteiger partial charge on any atom is 0.234 e. The maximum absolute atomic E-state index is 13.9. The Labute approximate surface area is 165 Å². The molecule has 0 spiro atoms. The van der Waals surface area contributed by atoms with E-state index in [0.29, 0.717) is 44.3 Å². The molecule has 1 aromatic carbocycles. The highest BCUT2D eigenvalue weighted by atomic mass is 19.1. The lowest BCUT2D eigenvalue weighted by molar-refractivity contribution is -0.124. The van der Waals surface area contributed by atoms with Crippen molar-refractivity contribution in [2.75, 3.05) is 19.6 Å². The molecule has 1 aromatic rings. The molecular weight excluding hydrogens is 362 g/mol. The standard InChI is InChI=1S/C22H30F2N2O2/c1-14-4-3-5-20(15(14)2)25-21(27)13-26-10-8-16(9-11-26)22(28)18-12-17(23)6-7-19(18)24/h6-7,12,14-16,20H,3-5,8-11,13H2,1-2H3,(H,25,27). The zero-order valence-corrected chi connectivity index (χ0v) is 16.7. The molecule has 0 bridgehead atoms. The van der Waals surface area contributed by atoms with Crippen LogP contribution >= 0.6 is 0 Å². The number of piperidine rings is 1. The molecule has 3 rings (SSSR count). The molecule has 1 aliphatic heterocycles. The Hall–Kier alpha value is -1.82. The molecular formula is C22H30F2N2O2. The van der Waals surface area contributed by atoms with Gasteiger partial charge in [0.05, 0.1) is 12.1 Å². The van der Waals surface area contributed by atoms with Crippen LogP contribution in [0, 0.1) is 29.4 Å². The number of amides is 1. The second-order valence-electron chi connectivity index (χ2n) is 8.48. The number of Topliss-reactive ketones (excluding diaryl/α,β-unsaturated/α-hetero) is 1. The van der Waals surface area contributed by atoms with Crippen LogP contribution in [0.4, 0.5) is 8.78 Å². The SMILES string of the molecule is CC1CCCC(NC(=O)CN2CCC(C(=O)c3cc(F)ccc3F)CC2)C1C. The number of likely N-dealkylation sites (tertiary alicyclic amines) is 1. The van der Waals surface area contributed by atoms with Gasteiger partial charge >= 0.3 is 0 Å². The van der Waals surface area contributed by atoms with Crippen molar-refractivity contribution in [3.63, 3.8) is 0 Å². The molecule has 0 radical (unpaired) electrons. The number of ketones is 1. The molecule has 4 nitrogen and oxygen atoms in total. The van der Waals surface area contributed by atoms with E-state index in [2.05, 4.69) is 19.2 Å². The summed E-state index contributed by atoms with van der Waals surface area (Å²) in [4.78, 5) is 27.0. The number of nitrogens with one attached hydrogen (secondary N) is 1. The second-order valence-corrected chi connectivity index (χ2v) is 8.48. The maximum atomic E-state index is 13.9. The number of rotatable bonds is 5. The van der Waals surface area contributed by atoms with Gasteiger partial charge in [-0.1, -0.05) is 26.7 Å². The van der Waals surface area contributed by atoms with Gasteiger partial charge in [-0.25, -0.2) is 8.78 Å². The Morgan fingerprint density at radius 2 is 1.82 bits per heavy atom. The zero-order valence-electron chi connectivity index (χ0n) is 16.7. The van der Waals surface area contributed by atoms with E-state index in [1.165, 1.54) is 6.42 Å². The summed E-state index contributed by atoms with van der Waals surface area (Å²) in [7, 11) is 0. The summed E-state index contributed by atoms with van der Waals surface area (Å²) < 4.78 is 27.2. The predicted octanol–water partition coefficient (Wildman–Crippen LogP) is 3.80. The van der Waals surface area contributed by atoms with Gasteiger partial charge in [-0.05, 0) is 62.4 Å². The summed E-state index contributed by atoms with van der Waals surface area (Å²) in [6.07, 6.45) is 4.52. The largest absolute Gasteiger partial charge is 0.352 e. The fraction of sp³-hybridized carbons (Fsp3) is 0.636. The topological polar surface area (TPSA) is 49.4 Å². The van der Waals surface area contributed by atoms with Crippen molar-refractivity contribution in [2.24, 2.45) is 17.8 Å². The lowest BCUT2D eigenvalue weighted by atomic mass is 9.78. The number of benzene rings is 1. The van der Waals surface area contributed by atoms with Crippen LogP contribution < -0.4 is 5.32 Å². The highest BCUT2D eigenvalue weighted by Crippen LogP contribution is 2.29. The van der Waals surface area contributed by atoms with Crippen molar-refractivity contribution in [3.8, 4) is 0 Å². The molecule has 154 valence electrons. The summed E-state index contributed by atoms with van der Waals surface area (Å²) in [5.74, 6) is -0.798. The van der Waals surface area contributed by atoms with Crippen LogP contribution in [0.5, 0.6) is 0 Å². The number of carbonyl (C=O) groups excluding carboxylic acids is 2. The van der Waals surface area contributed by atoms with Gasteiger partial charge in [-0.2, -0.15) is 0 Å². The predicted molar refractivity (Wildman–Crippen MR) is 104 cm³/mol. The molecule has 3 atom stereocenters. The number of carbonyl (C=O) groups is 2. The third-order valence-corrected chi connectivity index (χ3v) is 6.57. The first kappa shape index (κ1) is 20.9. The van der Waals surface area contributed by atoms with Crippen molar-refractivity contribution in [2.45, 2.75) is 52.0 Å². The van der Waals surface area contributed by atoms with E-state index in [1.54, 1.807) is 0 Å². The Kier molecular flexibility index (Phi) is 6.81. The molecule has 1 amide bonds. The molecule has 2 fully saturated rings. The molecule has 1 aliphatic carbocycles. The monoisotopic (exact) mass is 392 g/mol. The van der Waals surface area contributed by atoms with Crippen LogP contribution in [0.3, 0.4) is 0 Å². The molecule has 1 N–H and O–H groups in total. The number of nitrogens with zero attached hydrogens (tertiary/aromatic N) is 1. The van der Waals surface area contributed by atoms with Crippen LogP contribution in [0.1, 0.15) is 56.3 Å². The smallest absolute Gasteiger partial charge is 0.234 e. The van der Waals surface area contributed by atoms with Crippen LogP contribution in [0.15, 0.2) is 18.2 Å². The highest BCUT2D eigenvalue weighted by molar-refractivity contribution is 5.98. The van der Waals surface area contributed by atoms with E-state index >= 15 is 0 Å². The van der Waals surface area contributed by atoms with Gasteiger partial charge in [0.1, 0.15) is 11.6 Å². The molecule has 3 unspecified atom stereocenters. The lowest BCUT2D eigenvalue weighted by Gasteiger charge is -2.36. The number of hydrogen-bond acceptors (Lipinski definition) is 3. The van der Waals surface area contributed by atoms with E-state index in [4.69, 9.17) is 0 Å². The van der Waals surface area contributed by atoms with E-state index < -0.39 is 11.6 Å². The average Bonchev–Trinajstić information content (AvgIpc) is 2.67. The quantitative estimate of drug-likeness (QED) is 0.776. The van der Waals surface area contributed by atoms with Crippen molar-refractivity contribution in [1.29, 1.82) is 0 Å². The molecule has 2 aliphatic rings. The fourth-order valence-corrected chi connectivity index (χ4v) is 4.50. The zero-order chi connectivity index (χ0) is 20.3. The minimum atomic E-state index is -0.677. The van der Waals surface area contributed by atoms with Crippen LogP contribution in [0.25, 0.3) is 0 Å². The average molecular weight is 392 g/mol. The first-order valence-electron chi connectivity index (χ1n) is 10.4. The minimum Gasteiger partial charge on any atom is -0.352 e. The Balaban J connectivity index is 1.48. The van der Waals surface area contributed by atoms with Crippen LogP contribution in [-0.2, 0) is 4.79 Å². The van der Waals surface area contributed by atoms with Gasteiger partial charge in [0, 0.05) is 12.0 Å². The van der Waals surface area contributed by atoms with Crippen LogP contribution in [0.2, 0.25) is 0 Å². The first-order chi connectivity index (χ1) is 13.3. The van der Waals surface area contributed by atoms with Crippen molar-refractivity contribution >= 4 is 11.7 Å². The van der Waals surface area contributed by atoms with E-state index in [9.17, 15) is 18.4 Å². The summed E-state index contributed by atoms with van der Waals surface area (Å²) in [5, 5.41) is 3.18. The first-order valence-corrected chi connectivity index (χ1v) is 10.4. The molecule has 28 heavy (non-hydrogen) atoms. The summed E-state index contributed by atoms with van der Waals surface area (Å²) in [6.45, 7) is 5.99. The normalized spacial score (nSPS) is 26.8. The van der Waals surface area contributed by atoms with Crippen LogP contribution in [-0.4, -0.2) is 42.3 Å². The Morgan fingerprint density at radius 3 is 2.54 bits per heavy atom. The van der Waals surface area contributed by atoms with Gasteiger partial charge in [0.15, 0.2) is 5.78 Å². The third-order valence-electron chi connectivity index (χ3n) is 6.57. The minimum absolute atomic E-state index is 0.0342. The van der Waals surface area contributed by atoms with E-state index in [0.717, 1.165) is 31.0 Å². The second kappa shape index (κ2) is 9.12. The third kappa shape index (κ3) is 4.96. The molecule has 0 aromatic heterocycles. The van der Waals surface area contributed by atoms with Gasteiger partial charge in [0.25, 0.3) is 0 Å². The van der Waals surface area contributed by atoms with Crippen molar-refractivity contribution in [3.05, 3.63) is 35.4 Å². The highest BCUT2D eigenvalue weighted by Gasteiger charge is 2.30. The van der Waals surface area contributed by atoms with Gasteiger partial charge < -0.3 is 5.32 Å². The number of hydrogen-bond donors (Lipinski definition) is 1. The Morgan fingerprint density at radius 1 is 1.11 bits per heavy atom. The summed E-state index contributed by atoms with van der Waals surface area (Å²) in [5.41, 5.74) is -0.170. The van der Waals surface area contributed by atoms with E-state index in [-0.39, 0.29) is 29.2 Å². The molecule has 1 saturated carbocycles. The van der Waals surface area contributed by atoms with Gasteiger partial charge in [0.2, 0.25) is 5.91 Å². The summed E-state index contributed by atoms with van der Waals surface area (Å²) in [6, 6.07) is 3.23. The van der Waals surface area contributed by atoms with Crippen molar-refractivity contribution < 1.29 is 18.4 Å².